The normalized spacial score (nSPS) is 12.7. The van der Waals surface area contributed by atoms with Crippen LogP contribution < -0.4 is 5.32 Å². The van der Waals surface area contributed by atoms with Gasteiger partial charge in [0.2, 0.25) is 5.91 Å². The highest BCUT2D eigenvalue weighted by Gasteiger charge is 2.20. The molecule has 59 heavy (non-hydrogen) atoms. The van der Waals surface area contributed by atoms with E-state index < -0.39 is 12.1 Å². The van der Waals surface area contributed by atoms with Crippen molar-refractivity contribution in [3.63, 3.8) is 0 Å². The number of aliphatic hydroxyl groups is 2. The lowest BCUT2D eigenvalue weighted by Crippen LogP contribution is -2.45. The van der Waals surface area contributed by atoms with Crippen LogP contribution in [0.25, 0.3) is 0 Å². The fourth-order valence-electron chi connectivity index (χ4n) is 8.22. The van der Waals surface area contributed by atoms with Crippen LogP contribution in [0.1, 0.15) is 290 Å². The molecular formula is C53H103NO5. The van der Waals surface area contributed by atoms with Crippen LogP contribution in [0.15, 0.2) is 12.2 Å². The third-order valence-corrected chi connectivity index (χ3v) is 12.3. The van der Waals surface area contributed by atoms with Gasteiger partial charge in [-0.3, -0.25) is 9.59 Å². The minimum Gasteiger partial charge on any atom is -0.466 e. The van der Waals surface area contributed by atoms with Gasteiger partial charge in [0, 0.05) is 12.8 Å². The third-order valence-electron chi connectivity index (χ3n) is 12.3. The Hall–Kier alpha value is -1.40. The van der Waals surface area contributed by atoms with E-state index in [9.17, 15) is 19.8 Å². The van der Waals surface area contributed by atoms with Crippen LogP contribution in [-0.2, 0) is 14.3 Å². The molecule has 0 saturated heterocycles. The number of aliphatic hydroxyl groups excluding tert-OH is 2. The topological polar surface area (TPSA) is 95.9 Å². The van der Waals surface area contributed by atoms with Gasteiger partial charge in [-0.2, -0.15) is 0 Å². The van der Waals surface area contributed by atoms with E-state index in [1.165, 1.54) is 205 Å². The summed E-state index contributed by atoms with van der Waals surface area (Å²) in [5, 5.41) is 23.1. The molecule has 0 heterocycles. The number of carbonyl (C=O) groups excluding carboxylic acids is 2. The van der Waals surface area contributed by atoms with Gasteiger partial charge in [-0.15, -0.1) is 0 Å². The van der Waals surface area contributed by atoms with Gasteiger partial charge < -0.3 is 20.3 Å². The van der Waals surface area contributed by atoms with Gasteiger partial charge in [-0.1, -0.05) is 238 Å². The average Bonchev–Trinajstić information content (AvgIpc) is 3.24. The van der Waals surface area contributed by atoms with Crippen LogP contribution in [0.2, 0.25) is 0 Å². The van der Waals surface area contributed by atoms with Crippen molar-refractivity contribution in [3.8, 4) is 0 Å². The Bertz CT molecular complexity index is 878. The number of ether oxygens (including phenoxy) is 1. The van der Waals surface area contributed by atoms with Crippen molar-refractivity contribution < 1.29 is 24.5 Å². The van der Waals surface area contributed by atoms with Crippen LogP contribution >= 0.6 is 0 Å². The van der Waals surface area contributed by atoms with Crippen molar-refractivity contribution in [3.05, 3.63) is 12.2 Å². The molecule has 350 valence electrons. The minimum absolute atomic E-state index is 0.00268. The zero-order valence-electron chi connectivity index (χ0n) is 39.7. The van der Waals surface area contributed by atoms with Crippen LogP contribution in [0.3, 0.4) is 0 Å². The van der Waals surface area contributed by atoms with Gasteiger partial charge in [0.25, 0.3) is 0 Å². The molecule has 0 aromatic rings. The van der Waals surface area contributed by atoms with Crippen LogP contribution in [0.5, 0.6) is 0 Å². The van der Waals surface area contributed by atoms with E-state index in [0.29, 0.717) is 25.9 Å². The van der Waals surface area contributed by atoms with Gasteiger partial charge in [-0.25, -0.2) is 0 Å². The van der Waals surface area contributed by atoms with Crippen molar-refractivity contribution in [1.29, 1.82) is 0 Å². The molecule has 3 N–H and O–H groups in total. The first-order chi connectivity index (χ1) is 29.0. The molecule has 0 bridgehead atoms. The summed E-state index contributed by atoms with van der Waals surface area (Å²) in [5.74, 6) is -0.0501. The molecule has 6 nitrogen and oxygen atoms in total. The molecule has 0 aliphatic carbocycles. The fourth-order valence-corrected chi connectivity index (χ4v) is 8.22. The zero-order valence-corrected chi connectivity index (χ0v) is 39.7. The number of amides is 1. The standard InChI is InChI=1S/C53H103NO5/c1-3-5-7-9-11-13-14-15-16-17-18-19-20-24-27-31-35-39-43-47-53(58)59-48-44-40-36-32-28-25-22-21-23-26-30-34-38-42-46-52(57)54-50(49-55)51(56)45-41-37-33-29-12-10-8-6-4-2/h15-16,50-51,55-56H,3-14,17-49H2,1-2H3,(H,54,57)/b16-15-. The van der Waals surface area contributed by atoms with Gasteiger partial charge >= 0.3 is 5.97 Å². The Morgan fingerprint density at radius 3 is 1.20 bits per heavy atom. The lowest BCUT2D eigenvalue weighted by Gasteiger charge is -2.22. The van der Waals surface area contributed by atoms with E-state index in [0.717, 1.165) is 51.4 Å². The monoisotopic (exact) mass is 834 g/mol. The van der Waals surface area contributed by atoms with Gasteiger partial charge in [0.15, 0.2) is 0 Å². The number of hydrogen-bond donors (Lipinski definition) is 3. The fraction of sp³-hybridized carbons (Fsp3) is 0.925. The minimum atomic E-state index is -0.668. The summed E-state index contributed by atoms with van der Waals surface area (Å²) in [6, 6.07) is -0.546. The first kappa shape index (κ1) is 57.6. The maximum atomic E-state index is 12.4. The van der Waals surface area contributed by atoms with Crippen LogP contribution in [0, 0.1) is 0 Å². The van der Waals surface area contributed by atoms with Gasteiger partial charge in [0.1, 0.15) is 0 Å². The maximum Gasteiger partial charge on any atom is 0.305 e. The quantitative estimate of drug-likeness (QED) is 0.0322. The number of nitrogens with one attached hydrogen (secondary N) is 1. The van der Waals surface area contributed by atoms with E-state index >= 15 is 0 Å². The molecule has 2 unspecified atom stereocenters. The first-order valence-electron chi connectivity index (χ1n) is 26.4. The van der Waals surface area contributed by atoms with E-state index in [2.05, 4.69) is 31.3 Å². The van der Waals surface area contributed by atoms with Crippen LogP contribution in [-0.4, -0.2) is 47.4 Å². The third kappa shape index (κ3) is 45.9. The first-order valence-corrected chi connectivity index (χ1v) is 26.4. The Morgan fingerprint density at radius 2 is 0.797 bits per heavy atom. The van der Waals surface area contributed by atoms with E-state index in [1.807, 2.05) is 0 Å². The molecule has 0 aromatic heterocycles. The highest BCUT2D eigenvalue weighted by molar-refractivity contribution is 5.76. The summed E-state index contributed by atoms with van der Waals surface area (Å²) in [5.41, 5.74) is 0. The van der Waals surface area contributed by atoms with E-state index in [1.54, 1.807) is 0 Å². The second kappa shape index (κ2) is 49.3. The van der Waals surface area contributed by atoms with Gasteiger partial charge in [-0.05, 0) is 51.4 Å². The highest BCUT2D eigenvalue weighted by Crippen LogP contribution is 2.16. The Balaban J connectivity index is 3.39. The molecule has 2 atom stereocenters. The Labute approximate surface area is 368 Å². The van der Waals surface area contributed by atoms with Crippen molar-refractivity contribution in [2.45, 2.75) is 302 Å². The molecule has 0 saturated carbocycles. The summed E-state index contributed by atoms with van der Waals surface area (Å²) in [6.07, 6.45) is 56.2. The van der Waals surface area contributed by atoms with Gasteiger partial charge in [0.05, 0.1) is 25.4 Å². The molecule has 0 aromatic carbocycles. The number of allylic oxidation sites excluding steroid dienone is 2. The Morgan fingerprint density at radius 1 is 0.458 bits per heavy atom. The molecule has 6 heteroatoms. The SMILES string of the molecule is CCCCCCCC/C=C\CCCCCCCCCCCC(=O)OCCCCCCCCCCCCCCCCC(=O)NC(CO)C(O)CCCCCCCCCCC. The number of rotatable bonds is 49. The van der Waals surface area contributed by atoms with E-state index in [-0.39, 0.29) is 18.5 Å². The second-order valence-corrected chi connectivity index (χ2v) is 18.2. The number of carbonyl (C=O) groups is 2. The summed E-state index contributed by atoms with van der Waals surface area (Å²) in [6.45, 7) is 4.91. The zero-order chi connectivity index (χ0) is 43.0. The largest absolute Gasteiger partial charge is 0.466 e. The Kier molecular flexibility index (Phi) is 48.1. The molecule has 0 aliphatic heterocycles. The predicted octanol–water partition coefficient (Wildman–Crippen LogP) is 15.7. The lowest BCUT2D eigenvalue weighted by molar-refractivity contribution is -0.143. The summed E-state index contributed by atoms with van der Waals surface area (Å²) < 4.78 is 5.48. The average molecular weight is 834 g/mol. The number of esters is 1. The number of hydrogen-bond acceptors (Lipinski definition) is 5. The molecule has 0 spiro atoms. The highest BCUT2D eigenvalue weighted by atomic mass is 16.5. The van der Waals surface area contributed by atoms with Crippen molar-refractivity contribution in [1.82, 2.24) is 5.32 Å². The second-order valence-electron chi connectivity index (χ2n) is 18.2. The predicted molar refractivity (Wildman–Crippen MR) is 255 cm³/mol. The van der Waals surface area contributed by atoms with Crippen molar-refractivity contribution in [2.75, 3.05) is 13.2 Å². The van der Waals surface area contributed by atoms with E-state index in [4.69, 9.17) is 4.74 Å². The molecule has 1 amide bonds. The van der Waals surface area contributed by atoms with Crippen molar-refractivity contribution in [2.24, 2.45) is 0 Å². The molecular weight excluding hydrogens is 731 g/mol. The molecule has 0 radical (unpaired) electrons. The summed E-state index contributed by atoms with van der Waals surface area (Å²) >= 11 is 0. The van der Waals surface area contributed by atoms with Crippen LogP contribution in [0.4, 0.5) is 0 Å². The smallest absolute Gasteiger partial charge is 0.305 e. The molecule has 0 rings (SSSR count). The summed E-state index contributed by atoms with van der Waals surface area (Å²) in [7, 11) is 0. The number of unbranched alkanes of at least 4 members (excludes halogenated alkanes) is 36. The summed E-state index contributed by atoms with van der Waals surface area (Å²) in [4.78, 5) is 24.5. The lowest BCUT2D eigenvalue weighted by atomic mass is 10.0. The molecule has 0 fully saturated rings. The maximum absolute atomic E-state index is 12.4. The molecule has 0 aliphatic rings. The van der Waals surface area contributed by atoms with Crippen molar-refractivity contribution >= 4 is 11.9 Å².